The summed E-state index contributed by atoms with van der Waals surface area (Å²) in [5, 5.41) is 0.127. The first-order valence-electron chi connectivity index (χ1n) is 7.55. The van der Waals surface area contributed by atoms with Crippen LogP contribution in [-0.4, -0.2) is 33.3 Å². The molecule has 0 amide bonds. The summed E-state index contributed by atoms with van der Waals surface area (Å²) in [4.78, 5) is 23.2. The van der Waals surface area contributed by atoms with E-state index in [0.717, 1.165) is 0 Å². The molecule has 5 heteroatoms. The van der Waals surface area contributed by atoms with Crippen molar-refractivity contribution in [3.8, 4) is 0 Å². The maximum absolute atomic E-state index is 11.8. The highest BCUT2D eigenvalue weighted by atomic mass is 28.4. The highest BCUT2D eigenvalue weighted by Gasteiger charge is 2.37. The molecule has 0 aromatic carbocycles. The second-order valence-corrected chi connectivity index (χ2v) is 12.0. The molecule has 1 unspecified atom stereocenters. The number of Topliss-reactive ketones (excluding diaryl/α,β-unsaturated/α-hetero) is 1. The Morgan fingerprint density at radius 1 is 1.43 bits per heavy atom. The van der Waals surface area contributed by atoms with Gasteiger partial charge < -0.3 is 9.16 Å². The molecule has 21 heavy (non-hydrogen) atoms. The second-order valence-electron chi connectivity index (χ2n) is 7.23. The Kier molecular flexibility index (Phi) is 5.93. The summed E-state index contributed by atoms with van der Waals surface area (Å²) in [5.74, 6) is -0.320. The Labute approximate surface area is 129 Å². The normalized spacial score (nSPS) is 19.7. The molecule has 1 rings (SSSR count). The summed E-state index contributed by atoms with van der Waals surface area (Å²) in [5.41, 5.74) is 0.688. The van der Waals surface area contributed by atoms with Crippen molar-refractivity contribution in [3.63, 3.8) is 0 Å². The molecule has 0 N–H and O–H groups in total. The van der Waals surface area contributed by atoms with Gasteiger partial charge in [0.2, 0.25) is 0 Å². The number of hydrogen-bond acceptors (Lipinski definition) is 4. The maximum Gasteiger partial charge on any atom is 0.333 e. The molecular formula is C16H28O4Si. The van der Waals surface area contributed by atoms with Crippen LogP contribution in [0.5, 0.6) is 0 Å². The molecule has 1 heterocycles. The van der Waals surface area contributed by atoms with E-state index in [1.165, 1.54) is 0 Å². The largest absolute Gasteiger partial charge is 0.462 e. The summed E-state index contributed by atoms with van der Waals surface area (Å²) >= 11 is 0. The minimum absolute atomic E-state index is 0.108. The molecule has 0 aromatic rings. The lowest BCUT2D eigenvalue weighted by Crippen LogP contribution is -2.42. The zero-order valence-electron chi connectivity index (χ0n) is 14.1. The van der Waals surface area contributed by atoms with Gasteiger partial charge in [0.1, 0.15) is 5.78 Å². The van der Waals surface area contributed by atoms with E-state index in [2.05, 4.69) is 33.9 Å². The van der Waals surface area contributed by atoms with E-state index >= 15 is 0 Å². The van der Waals surface area contributed by atoms with Crippen LogP contribution in [0.1, 0.15) is 40.5 Å². The standard InChI is InChI=1S/C16H28O4Si/c1-12(17)14(8-7-13-9-10-19-15(13)18)11-20-21(5,6)16(2,3)4/h7,14H,8-11H2,1-6H3/b13-7+. The predicted octanol–water partition coefficient (Wildman–Crippen LogP) is 3.48. The third-order valence-electron chi connectivity index (χ3n) is 4.54. The summed E-state index contributed by atoms with van der Waals surface area (Å²) < 4.78 is 11.0. The number of allylic oxidation sites excluding steroid dienone is 1. The first-order valence-corrected chi connectivity index (χ1v) is 10.5. The quantitative estimate of drug-likeness (QED) is 0.428. The van der Waals surface area contributed by atoms with Gasteiger partial charge in [-0.3, -0.25) is 4.79 Å². The monoisotopic (exact) mass is 312 g/mol. The van der Waals surface area contributed by atoms with Crippen LogP contribution in [0.4, 0.5) is 0 Å². The van der Waals surface area contributed by atoms with Gasteiger partial charge in [-0.25, -0.2) is 4.79 Å². The van der Waals surface area contributed by atoms with Crippen molar-refractivity contribution in [2.24, 2.45) is 5.92 Å². The molecule has 0 radical (unpaired) electrons. The fourth-order valence-corrected chi connectivity index (χ4v) is 2.85. The van der Waals surface area contributed by atoms with Crippen LogP contribution in [0.3, 0.4) is 0 Å². The Balaban J connectivity index is 2.63. The van der Waals surface area contributed by atoms with Crippen LogP contribution >= 0.6 is 0 Å². The number of ketones is 1. The molecule has 1 saturated heterocycles. The predicted molar refractivity (Wildman–Crippen MR) is 85.6 cm³/mol. The van der Waals surface area contributed by atoms with Crippen molar-refractivity contribution in [2.45, 2.75) is 58.7 Å². The molecule has 1 fully saturated rings. The van der Waals surface area contributed by atoms with Crippen molar-refractivity contribution in [3.05, 3.63) is 11.6 Å². The smallest absolute Gasteiger partial charge is 0.333 e. The first kappa shape index (κ1) is 18.1. The Hall–Kier alpha value is -0.943. The van der Waals surface area contributed by atoms with E-state index in [1.807, 2.05) is 6.08 Å². The van der Waals surface area contributed by atoms with Gasteiger partial charge in [0.15, 0.2) is 8.32 Å². The number of carbonyl (C=O) groups is 2. The van der Waals surface area contributed by atoms with E-state index in [4.69, 9.17) is 9.16 Å². The van der Waals surface area contributed by atoms with Crippen molar-refractivity contribution in [1.82, 2.24) is 0 Å². The summed E-state index contributed by atoms with van der Waals surface area (Å²) in [6.07, 6.45) is 3.04. The Bertz CT molecular complexity index is 432. The van der Waals surface area contributed by atoms with E-state index < -0.39 is 8.32 Å². The third kappa shape index (κ3) is 5.07. The van der Waals surface area contributed by atoms with Gasteiger partial charge in [0, 0.05) is 24.5 Å². The van der Waals surface area contributed by atoms with Crippen LogP contribution in [-0.2, 0) is 18.8 Å². The van der Waals surface area contributed by atoms with Gasteiger partial charge in [0.05, 0.1) is 6.61 Å². The summed E-state index contributed by atoms with van der Waals surface area (Å²) in [7, 11) is -1.85. The van der Waals surface area contributed by atoms with Gasteiger partial charge >= 0.3 is 5.97 Å². The van der Waals surface area contributed by atoms with E-state index in [-0.39, 0.29) is 22.7 Å². The van der Waals surface area contributed by atoms with Crippen molar-refractivity contribution < 1.29 is 18.8 Å². The first-order chi connectivity index (χ1) is 9.54. The minimum atomic E-state index is -1.85. The minimum Gasteiger partial charge on any atom is -0.462 e. The molecule has 1 aliphatic rings. The fourth-order valence-electron chi connectivity index (χ4n) is 1.80. The zero-order valence-corrected chi connectivity index (χ0v) is 15.1. The highest BCUT2D eigenvalue weighted by molar-refractivity contribution is 6.74. The van der Waals surface area contributed by atoms with Crippen LogP contribution in [0.2, 0.25) is 18.1 Å². The third-order valence-corrected chi connectivity index (χ3v) is 9.04. The number of ether oxygens (including phenoxy) is 1. The van der Waals surface area contributed by atoms with Gasteiger partial charge in [-0.2, -0.15) is 0 Å². The molecule has 0 aromatic heterocycles. The molecule has 0 spiro atoms. The van der Waals surface area contributed by atoms with Gasteiger partial charge in [-0.15, -0.1) is 0 Å². The second kappa shape index (κ2) is 6.88. The number of rotatable bonds is 6. The molecule has 1 aliphatic heterocycles. The number of esters is 1. The molecule has 4 nitrogen and oxygen atoms in total. The lowest BCUT2D eigenvalue weighted by atomic mass is 10.0. The fraction of sp³-hybridized carbons (Fsp3) is 0.750. The van der Waals surface area contributed by atoms with Crippen molar-refractivity contribution in [1.29, 1.82) is 0 Å². The lowest BCUT2D eigenvalue weighted by Gasteiger charge is -2.37. The number of carbonyl (C=O) groups excluding carboxylic acids is 2. The Morgan fingerprint density at radius 2 is 2.05 bits per heavy atom. The van der Waals surface area contributed by atoms with Crippen LogP contribution in [0.25, 0.3) is 0 Å². The van der Waals surface area contributed by atoms with Crippen molar-refractivity contribution >= 4 is 20.1 Å². The Morgan fingerprint density at radius 3 is 2.48 bits per heavy atom. The van der Waals surface area contributed by atoms with Crippen molar-refractivity contribution in [2.75, 3.05) is 13.2 Å². The average molecular weight is 312 g/mol. The van der Waals surface area contributed by atoms with E-state index in [9.17, 15) is 9.59 Å². The molecule has 0 aliphatic carbocycles. The SMILES string of the molecule is CC(=O)C(C/C=C1\CCOC1=O)CO[Si](C)(C)C(C)(C)C. The number of hydrogen-bond donors (Lipinski definition) is 0. The molecule has 120 valence electrons. The van der Waals surface area contributed by atoms with E-state index in [0.29, 0.717) is 31.6 Å². The summed E-state index contributed by atoms with van der Waals surface area (Å²) in [6, 6.07) is 0. The van der Waals surface area contributed by atoms with Gasteiger partial charge in [-0.05, 0) is 31.5 Å². The van der Waals surface area contributed by atoms with Gasteiger partial charge in [0.25, 0.3) is 0 Å². The lowest BCUT2D eigenvalue weighted by molar-refractivity contribution is -0.135. The topological polar surface area (TPSA) is 52.6 Å². The zero-order chi connectivity index (χ0) is 16.3. The molecule has 1 atom stereocenters. The maximum atomic E-state index is 11.8. The molecule has 0 bridgehead atoms. The average Bonchev–Trinajstić information content (AvgIpc) is 2.73. The van der Waals surface area contributed by atoms with Crippen LogP contribution in [0, 0.1) is 5.92 Å². The summed E-state index contributed by atoms with van der Waals surface area (Å²) in [6.45, 7) is 13.4. The van der Waals surface area contributed by atoms with Crippen LogP contribution < -0.4 is 0 Å². The van der Waals surface area contributed by atoms with Crippen LogP contribution in [0.15, 0.2) is 11.6 Å². The highest BCUT2D eigenvalue weighted by Crippen LogP contribution is 2.37. The van der Waals surface area contributed by atoms with E-state index in [1.54, 1.807) is 6.92 Å². The number of cyclic esters (lactones) is 1. The van der Waals surface area contributed by atoms with Gasteiger partial charge in [-0.1, -0.05) is 26.8 Å². The molecule has 0 saturated carbocycles. The molecular weight excluding hydrogens is 284 g/mol.